The maximum absolute atomic E-state index is 15.6. The average molecular weight is 1600 g/mol. The number of thiophene rings is 10. The number of hydrogen-bond donors (Lipinski definition) is 0. The Morgan fingerprint density at radius 1 is 0.352 bits per heavy atom. The molecule has 4 aliphatic rings. The Morgan fingerprint density at radius 3 is 1.20 bits per heavy atom. The van der Waals surface area contributed by atoms with Gasteiger partial charge in [0.05, 0.1) is 0 Å². The number of ketones is 1. The van der Waals surface area contributed by atoms with Crippen LogP contribution in [0, 0.1) is 16.2 Å². The molecule has 0 amide bonds. The van der Waals surface area contributed by atoms with Crippen molar-refractivity contribution in [3.05, 3.63) is 258 Å². The van der Waals surface area contributed by atoms with Crippen LogP contribution in [0.1, 0.15) is 207 Å². The number of hydrogen-bond acceptors (Lipinski definition) is 11. The first kappa shape index (κ1) is 75.6. The van der Waals surface area contributed by atoms with E-state index in [0.717, 1.165) is 42.0 Å². The lowest BCUT2D eigenvalue weighted by Gasteiger charge is -2.58. The molecule has 0 unspecified atom stereocenters. The quantitative estimate of drug-likeness (QED) is 0.0303. The van der Waals surface area contributed by atoms with E-state index in [2.05, 4.69) is 266 Å². The smallest absolute Gasteiger partial charge is 0.193 e. The molecular formula is C97H98OS10. The fourth-order valence-electron chi connectivity index (χ4n) is 16.9. The lowest BCUT2D eigenvalue weighted by molar-refractivity contribution is 0.103. The van der Waals surface area contributed by atoms with Crippen LogP contribution in [0.15, 0.2) is 220 Å². The van der Waals surface area contributed by atoms with Crippen LogP contribution in [0.25, 0.3) is 100.0 Å². The van der Waals surface area contributed by atoms with Crippen molar-refractivity contribution in [1.29, 1.82) is 0 Å². The maximum Gasteiger partial charge on any atom is 0.193 e. The van der Waals surface area contributed by atoms with Gasteiger partial charge in [-0.1, -0.05) is 200 Å². The summed E-state index contributed by atoms with van der Waals surface area (Å²) >= 11 is 19.6. The Kier molecular flexibility index (Phi) is 22.9. The Bertz CT molecular complexity index is 5490. The van der Waals surface area contributed by atoms with Gasteiger partial charge in [0, 0.05) is 110 Å². The van der Waals surface area contributed by atoms with Crippen molar-refractivity contribution in [2.24, 2.45) is 16.2 Å². The van der Waals surface area contributed by atoms with E-state index in [1.54, 1.807) is 22.3 Å². The van der Waals surface area contributed by atoms with Crippen LogP contribution in [0.5, 0.6) is 0 Å². The number of benzene rings is 2. The Balaban J connectivity index is 0.789. The van der Waals surface area contributed by atoms with Gasteiger partial charge in [0.15, 0.2) is 5.78 Å². The minimum absolute atomic E-state index is 0.0542. The fourth-order valence-corrected chi connectivity index (χ4v) is 28.2. The van der Waals surface area contributed by atoms with E-state index >= 15 is 4.79 Å². The molecule has 16 rings (SSSR count). The topological polar surface area (TPSA) is 17.1 Å². The maximum atomic E-state index is 15.6. The number of Topliss-reactive ketones (excluding diaryl/α,β-unsaturated/α-hetero) is 1. The summed E-state index contributed by atoms with van der Waals surface area (Å²) in [5.74, 6) is 0.0542. The van der Waals surface area contributed by atoms with Gasteiger partial charge in [0.2, 0.25) is 0 Å². The summed E-state index contributed by atoms with van der Waals surface area (Å²) in [6.07, 6.45) is 39.5. The van der Waals surface area contributed by atoms with Gasteiger partial charge >= 0.3 is 0 Å². The van der Waals surface area contributed by atoms with Gasteiger partial charge in [-0.3, -0.25) is 4.79 Å². The van der Waals surface area contributed by atoms with Crippen molar-refractivity contribution < 1.29 is 4.79 Å². The molecule has 108 heavy (non-hydrogen) atoms. The molecule has 0 N–H and O–H groups in total. The standard InChI is InChI=1S/C97H98OS10/c1-10-14-18-22-32-68-70(34-24-20-16-12-3)93(107-91(68)86-48-44-80(103-86)78-36-28-52-99-78)88-50-46-84(105-88)82-42-40-76(101-82)72-59-67-57-65(95(5,6)7)60-75-73(58-66-55-64(56-74(72)96(66,8)97(67,75)9)90(98)63-39-38-61-30-26-27-31-62(61)54-63)77-41-43-83(102-77)85-47-51-89(106-85)94-71(35-25-21-17-13-4)69(33-23-19-15-11-2)92(108-94)87-49-45-81(104-87)79-37-29-53-100-79/h26-31,36-60H,10-25,32-35H2,1-9H3/t96-,97+/m1/s1. The second-order valence-corrected chi connectivity index (χ2v) is 41.8. The predicted octanol–water partition coefficient (Wildman–Crippen LogP) is 33.7. The minimum Gasteiger partial charge on any atom is -0.289 e. The molecule has 0 bridgehead atoms. The predicted molar refractivity (Wildman–Crippen MR) is 486 cm³/mol. The fraction of sp³-hybridized carbons (Fsp3) is 0.330. The third kappa shape index (κ3) is 14.7. The number of carbonyl (C=O) groups excluding carboxylic acids is 1. The molecule has 1 nitrogen and oxygen atoms in total. The molecule has 10 aromatic heterocycles. The molecule has 0 fully saturated rings. The van der Waals surface area contributed by atoms with Gasteiger partial charge in [-0.2, -0.15) is 0 Å². The second kappa shape index (κ2) is 32.7. The summed E-state index contributed by atoms with van der Waals surface area (Å²) in [5, 5.41) is 6.62. The molecule has 12 aromatic rings. The monoisotopic (exact) mass is 1600 g/mol. The van der Waals surface area contributed by atoms with Gasteiger partial charge in [0.25, 0.3) is 0 Å². The van der Waals surface area contributed by atoms with Gasteiger partial charge in [-0.15, -0.1) is 113 Å². The average Bonchev–Trinajstić information content (AvgIpc) is 1.10. The van der Waals surface area contributed by atoms with Gasteiger partial charge in [0.1, 0.15) is 0 Å². The Morgan fingerprint density at radius 2 is 0.759 bits per heavy atom. The van der Waals surface area contributed by atoms with Crippen molar-refractivity contribution in [2.75, 3.05) is 0 Å². The van der Waals surface area contributed by atoms with Crippen LogP contribution in [0.2, 0.25) is 0 Å². The summed E-state index contributed by atoms with van der Waals surface area (Å²) in [5.41, 5.74) is 15.7. The normalized spacial score (nSPS) is 17.0. The molecular weight excluding hydrogens is 1500 g/mol. The molecule has 2 aromatic carbocycles. The van der Waals surface area contributed by atoms with Crippen molar-refractivity contribution in [3.63, 3.8) is 0 Å². The zero-order chi connectivity index (χ0) is 74.3. The zero-order valence-electron chi connectivity index (χ0n) is 64.0. The molecule has 0 saturated carbocycles. The SMILES string of the molecule is CCCCCCc1c(-c2ccc(-c3cccs3)s2)sc(-c2ccc(-c3ccc(C4=CC5=CC(C(C)(C)C)=CC6=C(c7ccc(-c8ccc(-c9sc(-c%10ccc(-c%11cccs%11)s%10)c(CCCCCC)c9CCCCCC)s8)s7)C=C7C=C(C(=O)c8ccc9ccccc9c8)C=C4[C@]7(C)[C@@]56C)s3)s2)c1CCCCCC. The summed E-state index contributed by atoms with van der Waals surface area (Å²) in [6, 6.07) is 52.5. The van der Waals surface area contributed by atoms with Gasteiger partial charge < -0.3 is 0 Å². The molecule has 11 heteroatoms. The van der Waals surface area contributed by atoms with Crippen molar-refractivity contribution in [1.82, 2.24) is 0 Å². The highest BCUT2D eigenvalue weighted by Gasteiger charge is 2.60. The first-order valence-electron chi connectivity index (χ1n) is 39.7. The van der Waals surface area contributed by atoms with Crippen LogP contribution in [0.4, 0.5) is 0 Å². The number of rotatable bonds is 32. The van der Waals surface area contributed by atoms with E-state index in [4.69, 9.17) is 0 Å². The third-order valence-corrected chi connectivity index (χ3v) is 35.6. The number of carbonyl (C=O) groups is 1. The second-order valence-electron chi connectivity index (χ2n) is 31.3. The lowest BCUT2D eigenvalue weighted by Crippen LogP contribution is -2.49. The largest absolute Gasteiger partial charge is 0.289 e. The highest BCUT2D eigenvalue weighted by atomic mass is 32.1. The first-order chi connectivity index (χ1) is 52.6. The minimum atomic E-state index is -0.527. The molecule has 2 atom stereocenters. The third-order valence-electron chi connectivity index (χ3n) is 23.2. The highest BCUT2D eigenvalue weighted by Crippen LogP contribution is 2.71. The van der Waals surface area contributed by atoms with E-state index in [1.165, 1.54) is 230 Å². The molecule has 4 aliphatic carbocycles. The first-order valence-corrected chi connectivity index (χ1v) is 48.0. The van der Waals surface area contributed by atoms with Crippen LogP contribution in [-0.4, -0.2) is 5.78 Å². The number of allylic oxidation sites excluding steroid dienone is 14. The molecule has 0 spiro atoms. The number of unbranched alkanes of at least 4 members (excludes halogenated alkanes) is 12. The van der Waals surface area contributed by atoms with E-state index < -0.39 is 10.8 Å². The van der Waals surface area contributed by atoms with E-state index in [0.29, 0.717) is 5.56 Å². The molecule has 0 aliphatic heterocycles. The van der Waals surface area contributed by atoms with Gasteiger partial charge in [-0.25, -0.2) is 0 Å². The van der Waals surface area contributed by atoms with Crippen LogP contribution in [0.3, 0.4) is 0 Å². The summed E-state index contributed by atoms with van der Waals surface area (Å²) in [7, 11) is 0. The van der Waals surface area contributed by atoms with Crippen LogP contribution in [-0.2, 0) is 25.7 Å². The highest BCUT2D eigenvalue weighted by molar-refractivity contribution is 7.31. The summed E-state index contributed by atoms with van der Waals surface area (Å²) in [6.45, 7) is 21.5. The molecule has 0 radical (unpaired) electrons. The Labute approximate surface area is 682 Å². The summed E-state index contributed by atoms with van der Waals surface area (Å²) < 4.78 is 0. The van der Waals surface area contributed by atoms with Crippen molar-refractivity contribution in [2.45, 2.75) is 191 Å². The van der Waals surface area contributed by atoms with Crippen LogP contribution >= 0.6 is 113 Å². The van der Waals surface area contributed by atoms with Crippen molar-refractivity contribution in [3.8, 4) is 78.0 Å². The van der Waals surface area contributed by atoms with Gasteiger partial charge in [-0.05, 0) is 255 Å². The van der Waals surface area contributed by atoms with Crippen LogP contribution < -0.4 is 0 Å². The lowest BCUT2D eigenvalue weighted by atomic mass is 9.44. The molecule has 552 valence electrons. The summed E-state index contributed by atoms with van der Waals surface area (Å²) in [4.78, 5) is 40.4. The number of fused-ring (bicyclic) bond motifs is 1. The Hall–Kier alpha value is -6.45. The van der Waals surface area contributed by atoms with E-state index in [-0.39, 0.29) is 11.2 Å². The molecule has 0 saturated heterocycles. The molecule has 10 heterocycles. The van der Waals surface area contributed by atoms with Crippen molar-refractivity contribution >= 4 is 141 Å². The van der Waals surface area contributed by atoms with E-state index in [1.807, 2.05) is 96.8 Å². The zero-order valence-corrected chi connectivity index (χ0v) is 72.2. The van der Waals surface area contributed by atoms with E-state index in [9.17, 15) is 0 Å².